The Morgan fingerprint density at radius 3 is 2.52 bits per heavy atom. The lowest BCUT2D eigenvalue weighted by Gasteiger charge is -2.33. The maximum Gasteiger partial charge on any atom is 0.267 e. The molecule has 0 spiro atoms. The highest BCUT2D eigenvalue weighted by molar-refractivity contribution is 5.54. The molecule has 1 heterocycles. The van der Waals surface area contributed by atoms with E-state index in [0.717, 1.165) is 12.0 Å². The van der Waals surface area contributed by atoms with Gasteiger partial charge in [-0.1, -0.05) is 20.8 Å². The Balaban J connectivity index is 2.38. The summed E-state index contributed by atoms with van der Waals surface area (Å²) in [4.78, 5) is 1.68. The van der Waals surface area contributed by atoms with E-state index in [-0.39, 0.29) is 18.2 Å². The summed E-state index contributed by atoms with van der Waals surface area (Å²) in [6.45, 7) is 7.80. The molecular weight excluding hydrogens is 275 g/mol. The van der Waals surface area contributed by atoms with Gasteiger partial charge in [-0.3, -0.25) is 0 Å². The van der Waals surface area contributed by atoms with Crippen LogP contribution in [-0.2, 0) is 0 Å². The van der Waals surface area contributed by atoms with Gasteiger partial charge in [0.2, 0.25) is 0 Å². The van der Waals surface area contributed by atoms with E-state index in [1.165, 1.54) is 13.0 Å². The zero-order valence-corrected chi connectivity index (χ0v) is 13.2. The van der Waals surface area contributed by atoms with Crippen LogP contribution in [0.2, 0.25) is 0 Å². The minimum absolute atomic E-state index is 0.0884. The van der Waals surface area contributed by atoms with Crippen LogP contribution in [-0.4, -0.2) is 18.5 Å². The quantitative estimate of drug-likeness (QED) is 0.732. The third-order valence-electron chi connectivity index (χ3n) is 4.44. The van der Waals surface area contributed by atoms with Crippen LogP contribution in [0.1, 0.15) is 57.1 Å². The summed E-state index contributed by atoms with van der Waals surface area (Å²) in [5.41, 5.74) is 2.10. The van der Waals surface area contributed by atoms with Crippen molar-refractivity contribution < 1.29 is 13.2 Å². The average Bonchev–Trinajstić information content (AvgIpc) is 2.87. The summed E-state index contributed by atoms with van der Waals surface area (Å²) in [6, 6.07) is 2.46. The summed E-state index contributed by atoms with van der Waals surface area (Å²) >= 11 is 0. The van der Waals surface area contributed by atoms with Gasteiger partial charge in [-0.2, -0.15) is 0 Å². The van der Waals surface area contributed by atoms with E-state index in [2.05, 4.69) is 0 Å². The van der Waals surface area contributed by atoms with E-state index >= 15 is 0 Å². The van der Waals surface area contributed by atoms with Gasteiger partial charge >= 0.3 is 0 Å². The van der Waals surface area contributed by atoms with Crippen LogP contribution in [0, 0.1) is 12.7 Å². The van der Waals surface area contributed by atoms with Crippen LogP contribution in [0.3, 0.4) is 0 Å². The largest absolute Gasteiger partial charge is 0.362 e. The van der Waals surface area contributed by atoms with Crippen molar-refractivity contribution in [2.24, 2.45) is 0 Å². The first-order valence-corrected chi connectivity index (χ1v) is 7.72. The molecule has 118 valence electrons. The number of hydrogen-bond acceptors (Lipinski definition) is 1. The molecule has 1 aliphatic rings. The molecule has 1 saturated heterocycles. The van der Waals surface area contributed by atoms with E-state index in [1.54, 1.807) is 4.90 Å². The van der Waals surface area contributed by atoms with Crippen LogP contribution >= 0.6 is 0 Å². The number of anilines is 1. The van der Waals surface area contributed by atoms with E-state index in [1.807, 2.05) is 26.8 Å². The summed E-state index contributed by atoms with van der Waals surface area (Å²) in [6.07, 6.45) is 1.01. The molecule has 21 heavy (non-hydrogen) atoms. The van der Waals surface area contributed by atoms with Gasteiger partial charge in [-0.25, -0.2) is 13.2 Å². The summed E-state index contributed by atoms with van der Waals surface area (Å²) in [5, 5.41) is 0. The number of rotatable bonds is 4. The van der Waals surface area contributed by atoms with Crippen molar-refractivity contribution in [3.8, 4) is 0 Å². The van der Waals surface area contributed by atoms with Gasteiger partial charge in [-0.05, 0) is 48.9 Å². The monoisotopic (exact) mass is 299 g/mol. The molecule has 0 bridgehead atoms. The Bertz CT molecular complexity index is 488. The van der Waals surface area contributed by atoms with Gasteiger partial charge in [0.25, 0.3) is 5.92 Å². The number of benzene rings is 1. The molecular formula is C17H24F3N. The fourth-order valence-electron chi connectivity index (χ4n) is 3.38. The molecule has 4 heteroatoms. The highest BCUT2D eigenvalue weighted by Crippen LogP contribution is 2.38. The molecule has 0 N–H and O–H groups in total. The number of alkyl halides is 2. The van der Waals surface area contributed by atoms with Gasteiger partial charge < -0.3 is 4.90 Å². The van der Waals surface area contributed by atoms with E-state index in [9.17, 15) is 13.2 Å². The lowest BCUT2D eigenvalue weighted by molar-refractivity contribution is -0.0270. The third kappa shape index (κ3) is 3.04. The van der Waals surface area contributed by atoms with E-state index in [4.69, 9.17) is 0 Å². The Morgan fingerprint density at radius 2 is 2.00 bits per heavy atom. The first-order chi connectivity index (χ1) is 9.77. The van der Waals surface area contributed by atoms with Crippen molar-refractivity contribution in [2.75, 3.05) is 11.4 Å². The van der Waals surface area contributed by atoms with Crippen LogP contribution in [0.15, 0.2) is 12.1 Å². The predicted molar refractivity (Wildman–Crippen MR) is 80.8 cm³/mol. The zero-order chi connectivity index (χ0) is 15.8. The van der Waals surface area contributed by atoms with Gasteiger partial charge in [0.05, 0.1) is 6.04 Å². The third-order valence-corrected chi connectivity index (χ3v) is 4.44. The average molecular weight is 299 g/mol. The molecule has 1 aromatic rings. The summed E-state index contributed by atoms with van der Waals surface area (Å²) in [7, 11) is 0. The second-order valence-corrected chi connectivity index (χ2v) is 6.28. The fraction of sp³-hybridized carbons (Fsp3) is 0.647. The van der Waals surface area contributed by atoms with Crippen molar-refractivity contribution in [1.82, 2.24) is 0 Å². The van der Waals surface area contributed by atoms with Crippen LogP contribution in [0.5, 0.6) is 0 Å². The Morgan fingerprint density at radius 1 is 1.33 bits per heavy atom. The molecule has 1 unspecified atom stereocenters. The molecule has 0 amide bonds. The highest BCUT2D eigenvalue weighted by atomic mass is 19.3. The molecule has 1 aliphatic heterocycles. The molecule has 1 nitrogen and oxygen atoms in total. The maximum atomic E-state index is 14.3. The Labute approximate surface area is 125 Å². The lowest BCUT2D eigenvalue weighted by Crippen LogP contribution is -2.43. The fourth-order valence-corrected chi connectivity index (χ4v) is 3.38. The van der Waals surface area contributed by atoms with Gasteiger partial charge in [0.15, 0.2) is 0 Å². The topological polar surface area (TPSA) is 3.24 Å². The van der Waals surface area contributed by atoms with E-state index in [0.29, 0.717) is 24.2 Å². The van der Waals surface area contributed by atoms with Crippen molar-refractivity contribution in [3.05, 3.63) is 29.1 Å². The first kappa shape index (κ1) is 16.2. The molecule has 1 aromatic carbocycles. The van der Waals surface area contributed by atoms with Crippen LogP contribution in [0.25, 0.3) is 0 Å². The van der Waals surface area contributed by atoms with E-state index < -0.39 is 12.0 Å². The molecule has 1 atom stereocenters. The molecule has 0 saturated carbocycles. The highest BCUT2D eigenvalue weighted by Gasteiger charge is 2.44. The number of nitrogens with zero attached hydrogens (tertiary/aromatic N) is 1. The standard InChI is InChI=1S/C17H24F3N/c1-5-17(19,20)15-7-6-8-21(15)13-9-12(4)16(11(2)3)14(18)10-13/h9-11,15H,5-8H2,1-4H3. The number of hydrogen-bond donors (Lipinski definition) is 0. The first-order valence-electron chi connectivity index (χ1n) is 7.72. The van der Waals surface area contributed by atoms with Gasteiger partial charge in [0.1, 0.15) is 5.82 Å². The normalized spacial score (nSPS) is 19.6. The van der Waals surface area contributed by atoms with Crippen molar-refractivity contribution >= 4 is 5.69 Å². The lowest BCUT2D eigenvalue weighted by atomic mass is 9.96. The molecule has 0 aliphatic carbocycles. The smallest absolute Gasteiger partial charge is 0.267 e. The van der Waals surface area contributed by atoms with Crippen LogP contribution in [0.4, 0.5) is 18.9 Å². The minimum atomic E-state index is -2.72. The molecule has 1 fully saturated rings. The predicted octanol–water partition coefficient (Wildman–Crippen LogP) is 5.27. The molecule has 0 radical (unpaired) electrons. The zero-order valence-electron chi connectivity index (χ0n) is 13.2. The van der Waals surface area contributed by atoms with Crippen LogP contribution < -0.4 is 4.90 Å². The SMILES string of the molecule is CCC(F)(F)C1CCCN1c1cc(C)c(C(C)C)c(F)c1. The Kier molecular flexibility index (Phi) is 4.54. The van der Waals surface area contributed by atoms with Crippen molar-refractivity contribution in [3.63, 3.8) is 0 Å². The summed E-state index contributed by atoms with van der Waals surface area (Å²) < 4.78 is 42.4. The van der Waals surface area contributed by atoms with Gasteiger partial charge in [0, 0.05) is 18.7 Å². The maximum absolute atomic E-state index is 14.3. The number of aryl methyl sites for hydroxylation is 1. The van der Waals surface area contributed by atoms with Gasteiger partial charge in [-0.15, -0.1) is 0 Å². The second-order valence-electron chi connectivity index (χ2n) is 6.28. The minimum Gasteiger partial charge on any atom is -0.362 e. The summed E-state index contributed by atoms with van der Waals surface area (Å²) in [5.74, 6) is -2.92. The number of halogens is 3. The Hall–Kier alpha value is -1.19. The molecule has 2 rings (SSSR count). The molecule has 0 aromatic heterocycles. The second kappa shape index (κ2) is 5.90. The van der Waals surface area contributed by atoms with Crippen molar-refractivity contribution in [1.29, 1.82) is 0 Å². The van der Waals surface area contributed by atoms with Crippen molar-refractivity contribution in [2.45, 2.75) is 64.8 Å².